The van der Waals surface area contributed by atoms with Gasteiger partial charge in [-0.3, -0.25) is 9.59 Å². The van der Waals surface area contributed by atoms with E-state index in [4.69, 9.17) is 0 Å². The molecule has 1 heterocycles. The monoisotopic (exact) mass is 295 g/mol. The van der Waals surface area contributed by atoms with E-state index in [-0.39, 0.29) is 23.8 Å². The fourth-order valence-electron chi connectivity index (χ4n) is 3.29. The summed E-state index contributed by atoms with van der Waals surface area (Å²) in [5, 5.41) is 9.30. The van der Waals surface area contributed by atoms with Crippen LogP contribution in [0, 0.1) is 5.92 Å². The molecular weight excluding hydrogens is 266 g/mol. The summed E-state index contributed by atoms with van der Waals surface area (Å²) in [6.45, 7) is 3.66. The van der Waals surface area contributed by atoms with Crippen LogP contribution in [0.25, 0.3) is 0 Å². The second-order valence-electron chi connectivity index (χ2n) is 6.55. The van der Waals surface area contributed by atoms with Crippen LogP contribution in [0.5, 0.6) is 0 Å². The molecule has 0 bridgehead atoms. The molecule has 2 fully saturated rings. The maximum Gasteiger partial charge on any atom is 0.223 e. The van der Waals surface area contributed by atoms with Crippen LogP contribution >= 0.6 is 0 Å². The van der Waals surface area contributed by atoms with Crippen molar-refractivity contribution in [3.05, 3.63) is 0 Å². The summed E-state index contributed by atoms with van der Waals surface area (Å²) in [4.78, 5) is 24.0. The number of hydrogen-bond acceptors (Lipinski definition) is 3. The molecule has 2 rings (SSSR count). The lowest BCUT2D eigenvalue weighted by Crippen LogP contribution is -2.42. The predicted molar refractivity (Wildman–Crippen MR) is 82.8 cm³/mol. The minimum absolute atomic E-state index is 0.0279. The van der Waals surface area contributed by atoms with E-state index in [1.165, 1.54) is 12.8 Å². The summed E-state index contributed by atoms with van der Waals surface area (Å²) in [5.74, 6) is 0.319. The second kappa shape index (κ2) is 8.37. The number of carbonyl (C=O) groups is 2. The Balaban J connectivity index is 1.62. The van der Waals surface area contributed by atoms with Crippen molar-refractivity contribution >= 4 is 11.8 Å². The molecule has 3 N–H and O–H groups in total. The molecular formula is C16H29N3O2. The van der Waals surface area contributed by atoms with Crippen LogP contribution in [0.15, 0.2) is 0 Å². The Kier molecular flexibility index (Phi) is 6.49. The number of carbonyl (C=O) groups excluding carboxylic acids is 2. The second-order valence-corrected chi connectivity index (χ2v) is 6.55. The molecule has 0 aromatic heterocycles. The highest BCUT2D eigenvalue weighted by Gasteiger charge is 2.23. The average Bonchev–Trinajstić information content (AvgIpc) is 2.99. The van der Waals surface area contributed by atoms with Crippen LogP contribution in [0.3, 0.4) is 0 Å². The maximum absolute atomic E-state index is 12.1. The van der Waals surface area contributed by atoms with Gasteiger partial charge in [0, 0.05) is 31.0 Å². The zero-order valence-electron chi connectivity index (χ0n) is 13.1. The maximum atomic E-state index is 12.1. The molecule has 0 aromatic carbocycles. The van der Waals surface area contributed by atoms with Gasteiger partial charge in [0.25, 0.3) is 0 Å². The van der Waals surface area contributed by atoms with Gasteiger partial charge < -0.3 is 16.0 Å². The van der Waals surface area contributed by atoms with Crippen molar-refractivity contribution in [3.63, 3.8) is 0 Å². The molecule has 21 heavy (non-hydrogen) atoms. The predicted octanol–water partition coefficient (Wildman–Crippen LogP) is 1.33. The first-order valence-corrected chi connectivity index (χ1v) is 8.45. The molecule has 2 amide bonds. The van der Waals surface area contributed by atoms with Crippen LogP contribution in [0.1, 0.15) is 58.3 Å². The smallest absolute Gasteiger partial charge is 0.223 e. The van der Waals surface area contributed by atoms with E-state index in [0.29, 0.717) is 19.0 Å². The highest BCUT2D eigenvalue weighted by atomic mass is 16.2. The van der Waals surface area contributed by atoms with Gasteiger partial charge in [-0.1, -0.05) is 19.3 Å². The minimum atomic E-state index is -0.0871. The summed E-state index contributed by atoms with van der Waals surface area (Å²) in [7, 11) is 0. The molecule has 0 aromatic rings. The molecule has 2 atom stereocenters. The number of amides is 2. The van der Waals surface area contributed by atoms with E-state index in [1.54, 1.807) is 0 Å². The molecule has 5 heteroatoms. The normalized spacial score (nSPS) is 24.5. The fourth-order valence-corrected chi connectivity index (χ4v) is 3.29. The Labute approximate surface area is 127 Å². The molecule has 1 aliphatic carbocycles. The van der Waals surface area contributed by atoms with E-state index in [9.17, 15) is 9.59 Å². The Morgan fingerprint density at radius 2 is 1.90 bits per heavy atom. The van der Waals surface area contributed by atoms with Gasteiger partial charge in [0.1, 0.15) is 0 Å². The van der Waals surface area contributed by atoms with Crippen LogP contribution < -0.4 is 16.0 Å². The Bertz CT molecular complexity index is 347. The minimum Gasteiger partial charge on any atom is -0.354 e. The van der Waals surface area contributed by atoms with Crippen LogP contribution in [-0.4, -0.2) is 37.0 Å². The van der Waals surface area contributed by atoms with E-state index in [1.807, 2.05) is 6.92 Å². The first-order valence-electron chi connectivity index (χ1n) is 8.45. The van der Waals surface area contributed by atoms with Gasteiger partial charge >= 0.3 is 0 Å². The average molecular weight is 295 g/mol. The number of hydrogen-bond donors (Lipinski definition) is 3. The van der Waals surface area contributed by atoms with Crippen LogP contribution in [0.4, 0.5) is 0 Å². The van der Waals surface area contributed by atoms with Crippen LogP contribution in [-0.2, 0) is 9.59 Å². The Morgan fingerprint density at radius 1 is 1.14 bits per heavy atom. The highest BCUT2D eigenvalue weighted by molar-refractivity contribution is 5.81. The van der Waals surface area contributed by atoms with Crippen molar-refractivity contribution in [1.82, 2.24) is 16.0 Å². The van der Waals surface area contributed by atoms with Crippen molar-refractivity contribution in [3.8, 4) is 0 Å². The highest BCUT2D eigenvalue weighted by Crippen LogP contribution is 2.23. The number of nitrogens with one attached hydrogen (secondary N) is 3. The molecule has 0 spiro atoms. The van der Waals surface area contributed by atoms with E-state index in [2.05, 4.69) is 16.0 Å². The SMILES string of the molecule is CC(CC(=O)NCC1CCCN1)NC(=O)C1CCCCC1. The van der Waals surface area contributed by atoms with Crippen molar-refractivity contribution in [1.29, 1.82) is 0 Å². The molecule has 1 aliphatic heterocycles. The van der Waals surface area contributed by atoms with Gasteiger partial charge in [0.05, 0.1) is 0 Å². The van der Waals surface area contributed by atoms with Gasteiger partial charge in [-0.25, -0.2) is 0 Å². The summed E-state index contributed by atoms with van der Waals surface area (Å²) in [6.07, 6.45) is 8.24. The standard InChI is InChI=1S/C16H29N3O2/c1-12(19-16(21)13-6-3-2-4-7-13)10-15(20)18-11-14-8-5-9-17-14/h12-14,17H,2-11H2,1H3,(H,18,20)(H,19,21). The molecule has 0 radical (unpaired) electrons. The lowest BCUT2D eigenvalue weighted by molar-refractivity contribution is -0.127. The van der Waals surface area contributed by atoms with Gasteiger partial charge in [-0.15, -0.1) is 0 Å². The lowest BCUT2D eigenvalue weighted by Gasteiger charge is -2.23. The topological polar surface area (TPSA) is 70.2 Å². The van der Waals surface area contributed by atoms with Crippen LogP contribution in [0.2, 0.25) is 0 Å². The lowest BCUT2D eigenvalue weighted by atomic mass is 9.88. The third-order valence-electron chi connectivity index (χ3n) is 4.56. The molecule has 2 aliphatic rings. The Morgan fingerprint density at radius 3 is 2.57 bits per heavy atom. The van der Waals surface area contributed by atoms with Crippen molar-refractivity contribution in [2.75, 3.05) is 13.1 Å². The quantitative estimate of drug-likeness (QED) is 0.692. The molecule has 5 nitrogen and oxygen atoms in total. The first-order chi connectivity index (χ1) is 10.1. The fraction of sp³-hybridized carbons (Fsp3) is 0.875. The van der Waals surface area contributed by atoms with E-state index < -0.39 is 0 Å². The van der Waals surface area contributed by atoms with Gasteiger partial charge in [-0.2, -0.15) is 0 Å². The molecule has 2 unspecified atom stereocenters. The van der Waals surface area contributed by atoms with Gasteiger partial charge in [-0.05, 0) is 39.2 Å². The van der Waals surface area contributed by atoms with Crippen molar-refractivity contribution in [2.45, 2.75) is 70.4 Å². The third kappa shape index (κ3) is 5.65. The molecule has 1 saturated heterocycles. The summed E-state index contributed by atoms with van der Waals surface area (Å²) in [6, 6.07) is 0.331. The summed E-state index contributed by atoms with van der Waals surface area (Å²) >= 11 is 0. The van der Waals surface area contributed by atoms with E-state index in [0.717, 1.165) is 38.6 Å². The zero-order chi connectivity index (χ0) is 15.1. The van der Waals surface area contributed by atoms with Crippen molar-refractivity contribution < 1.29 is 9.59 Å². The van der Waals surface area contributed by atoms with E-state index >= 15 is 0 Å². The van der Waals surface area contributed by atoms with Gasteiger partial charge in [0.15, 0.2) is 0 Å². The van der Waals surface area contributed by atoms with Crippen molar-refractivity contribution in [2.24, 2.45) is 5.92 Å². The summed E-state index contributed by atoms with van der Waals surface area (Å²) in [5.41, 5.74) is 0. The Hall–Kier alpha value is -1.10. The zero-order valence-corrected chi connectivity index (χ0v) is 13.1. The number of rotatable bonds is 6. The molecule has 1 saturated carbocycles. The summed E-state index contributed by atoms with van der Waals surface area (Å²) < 4.78 is 0. The van der Waals surface area contributed by atoms with Gasteiger partial charge in [0.2, 0.25) is 11.8 Å². The third-order valence-corrected chi connectivity index (χ3v) is 4.56. The first kappa shape index (κ1) is 16.3. The molecule has 120 valence electrons. The largest absolute Gasteiger partial charge is 0.354 e.